The summed E-state index contributed by atoms with van der Waals surface area (Å²) in [5, 5.41) is 13.2. The summed E-state index contributed by atoms with van der Waals surface area (Å²) in [6.07, 6.45) is 13.0. The molecule has 184 valence electrons. The predicted octanol–water partition coefficient (Wildman–Crippen LogP) is 5.76. The number of nitrogens with one attached hydrogen (secondary N) is 1. The maximum absolute atomic E-state index is 11.2. The maximum atomic E-state index is 11.2. The van der Waals surface area contributed by atoms with Crippen molar-refractivity contribution in [3.05, 3.63) is 23.0 Å². The zero-order valence-electron chi connectivity index (χ0n) is 21.5. The lowest BCUT2D eigenvalue weighted by Gasteiger charge is -2.57. The highest BCUT2D eigenvalue weighted by Gasteiger charge is 2.63. The Balaban J connectivity index is 1.30. The first-order chi connectivity index (χ1) is 15.6. The summed E-state index contributed by atoms with van der Waals surface area (Å²) in [6.45, 7) is 12.0. The van der Waals surface area contributed by atoms with Gasteiger partial charge in [0.25, 0.3) is 0 Å². The van der Waals surface area contributed by atoms with Crippen LogP contribution in [0.3, 0.4) is 0 Å². The Labute approximate surface area is 200 Å². The number of amides is 1. The van der Waals surface area contributed by atoms with Crippen molar-refractivity contribution in [2.24, 2.45) is 40.4 Å². The fourth-order valence-electron chi connectivity index (χ4n) is 9.02. The van der Waals surface area contributed by atoms with E-state index in [1.165, 1.54) is 37.0 Å². The van der Waals surface area contributed by atoms with Gasteiger partial charge in [-0.2, -0.15) is 0 Å². The number of aliphatic hydroxyl groups excluding tert-OH is 1. The highest BCUT2D eigenvalue weighted by atomic mass is 16.5. The molecule has 7 unspecified atom stereocenters. The van der Waals surface area contributed by atoms with Gasteiger partial charge in [-0.15, -0.1) is 0 Å². The molecule has 4 heteroatoms. The molecule has 4 aliphatic carbocycles. The molecule has 3 fully saturated rings. The minimum atomic E-state index is -0.124. The molecular weight excluding hydrogens is 410 g/mol. The summed E-state index contributed by atoms with van der Waals surface area (Å²) in [5.74, 6) is 4.66. The van der Waals surface area contributed by atoms with Crippen molar-refractivity contribution in [1.82, 2.24) is 5.32 Å². The van der Waals surface area contributed by atoms with E-state index in [0.29, 0.717) is 28.8 Å². The van der Waals surface area contributed by atoms with Crippen LogP contribution in [-0.2, 0) is 9.53 Å². The van der Waals surface area contributed by atoms with Crippen LogP contribution in [0.25, 0.3) is 0 Å². The number of ether oxygens (including phenoxy) is 1. The number of allylic oxidation sites excluding steroid dienone is 2. The fraction of sp³-hybridized carbons (Fsp3) is 0.828. The molecule has 0 spiro atoms. The molecule has 9 atom stereocenters. The zero-order valence-corrected chi connectivity index (χ0v) is 21.5. The minimum Gasteiger partial charge on any atom is -0.494 e. The molecule has 33 heavy (non-hydrogen) atoms. The molecule has 0 saturated heterocycles. The van der Waals surface area contributed by atoms with E-state index in [0.717, 1.165) is 56.4 Å². The second kappa shape index (κ2) is 8.43. The molecule has 0 aromatic heterocycles. The second-order valence-corrected chi connectivity index (χ2v) is 12.8. The first-order valence-electron chi connectivity index (χ1n) is 13.6. The molecule has 5 rings (SSSR count). The molecule has 2 N–H and O–H groups in total. The van der Waals surface area contributed by atoms with E-state index in [9.17, 15) is 9.90 Å². The Morgan fingerprint density at radius 1 is 1.27 bits per heavy atom. The van der Waals surface area contributed by atoms with Crippen LogP contribution >= 0.6 is 0 Å². The van der Waals surface area contributed by atoms with Gasteiger partial charge in [-0.25, -0.2) is 0 Å². The van der Waals surface area contributed by atoms with Crippen molar-refractivity contribution in [1.29, 1.82) is 0 Å². The fourth-order valence-corrected chi connectivity index (χ4v) is 9.02. The van der Waals surface area contributed by atoms with Crippen molar-refractivity contribution in [2.75, 3.05) is 6.54 Å². The summed E-state index contributed by atoms with van der Waals surface area (Å²) in [5.41, 5.74) is 3.75. The normalized spacial score (nSPS) is 44.7. The van der Waals surface area contributed by atoms with E-state index in [2.05, 4.69) is 39.1 Å². The topological polar surface area (TPSA) is 58.6 Å². The van der Waals surface area contributed by atoms with E-state index >= 15 is 0 Å². The minimum absolute atomic E-state index is 0.0569. The van der Waals surface area contributed by atoms with Crippen LogP contribution in [-0.4, -0.2) is 29.8 Å². The molecule has 1 heterocycles. The lowest BCUT2D eigenvalue weighted by molar-refractivity contribution is -0.119. The van der Waals surface area contributed by atoms with Gasteiger partial charge in [0, 0.05) is 25.8 Å². The molecule has 0 bridgehead atoms. The smallest absolute Gasteiger partial charge is 0.216 e. The third-order valence-corrected chi connectivity index (χ3v) is 10.8. The monoisotopic (exact) mass is 455 g/mol. The van der Waals surface area contributed by atoms with Gasteiger partial charge in [-0.1, -0.05) is 32.4 Å². The molecule has 4 nitrogen and oxygen atoms in total. The van der Waals surface area contributed by atoms with Crippen LogP contribution in [0.1, 0.15) is 92.4 Å². The van der Waals surface area contributed by atoms with Crippen molar-refractivity contribution in [2.45, 2.75) is 105 Å². The standard InChI is InChI=1S/C29H45NO3/c1-17(16-30-19(3)31)6-9-25-18(2)27-26(33-25)15-24-22-8-7-20-14-21(32)10-12-28(20,4)23(22)11-13-29(24,27)5/h7,17,21-24,26-27,32H,6,8-16H2,1-5H3,(H,30,31)/t17?,21?,22?,23?,24?,26?,27?,28-,29-/m0/s1. The van der Waals surface area contributed by atoms with Gasteiger partial charge in [0.1, 0.15) is 6.10 Å². The van der Waals surface area contributed by atoms with Gasteiger partial charge in [0.2, 0.25) is 5.91 Å². The maximum Gasteiger partial charge on any atom is 0.216 e. The van der Waals surface area contributed by atoms with Crippen LogP contribution in [0, 0.1) is 40.4 Å². The predicted molar refractivity (Wildman–Crippen MR) is 131 cm³/mol. The number of carbonyl (C=O) groups excluding carboxylic acids is 1. The average Bonchev–Trinajstić information content (AvgIpc) is 3.24. The first kappa shape index (κ1) is 23.5. The summed E-state index contributed by atoms with van der Waals surface area (Å²) in [7, 11) is 0. The van der Waals surface area contributed by atoms with Gasteiger partial charge in [0.15, 0.2) is 0 Å². The number of hydrogen-bond donors (Lipinski definition) is 2. The molecule has 0 radical (unpaired) electrons. The third-order valence-electron chi connectivity index (χ3n) is 10.8. The molecule has 0 aromatic rings. The number of rotatable bonds is 5. The number of carbonyl (C=O) groups is 1. The highest BCUT2D eigenvalue weighted by Crippen LogP contribution is 2.68. The van der Waals surface area contributed by atoms with Crippen LogP contribution in [0.2, 0.25) is 0 Å². The van der Waals surface area contributed by atoms with E-state index < -0.39 is 0 Å². The Morgan fingerprint density at radius 2 is 2.06 bits per heavy atom. The highest BCUT2D eigenvalue weighted by molar-refractivity contribution is 5.72. The van der Waals surface area contributed by atoms with Crippen molar-refractivity contribution >= 4 is 5.91 Å². The lowest BCUT2D eigenvalue weighted by Crippen LogP contribution is -2.50. The molecule has 1 aliphatic heterocycles. The van der Waals surface area contributed by atoms with Gasteiger partial charge in [0.05, 0.1) is 11.9 Å². The number of hydrogen-bond acceptors (Lipinski definition) is 3. The van der Waals surface area contributed by atoms with Gasteiger partial charge < -0.3 is 15.2 Å². The summed E-state index contributed by atoms with van der Waals surface area (Å²) in [6, 6.07) is 0. The average molecular weight is 456 g/mol. The van der Waals surface area contributed by atoms with Crippen LogP contribution in [0.4, 0.5) is 0 Å². The Bertz CT molecular complexity index is 861. The molecule has 5 aliphatic rings. The summed E-state index contributed by atoms with van der Waals surface area (Å²) < 4.78 is 6.70. The van der Waals surface area contributed by atoms with Crippen LogP contribution in [0.15, 0.2) is 23.0 Å². The zero-order chi connectivity index (χ0) is 23.5. The first-order valence-corrected chi connectivity index (χ1v) is 13.6. The van der Waals surface area contributed by atoms with Gasteiger partial charge in [-0.3, -0.25) is 4.79 Å². The third kappa shape index (κ3) is 3.79. The van der Waals surface area contributed by atoms with Crippen LogP contribution < -0.4 is 5.32 Å². The van der Waals surface area contributed by atoms with E-state index in [-0.39, 0.29) is 12.0 Å². The Hall–Kier alpha value is -1.29. The SMILES string of the molecule is CC(=O)NCC(C)CCC1=C(C)C2C(CC3C4CC=C5CC(O)CC[C@]5(C)C4CC[C@@]32C)O1. The molecule has 0 aromatic carbocycles. The van der Waals surface area contributed by atoms with Gasteiger partial charge in [-0.05, 0) is 98.4 Å². The summed E-state index contributed by atoms with van der Waals surface area (Å²) in [4.78, 5) is 11.2. The summed E-state index contributed by atoms with van der Waals surface area (Å²) >= 11 is 0. The molecule has 3 saturated carbocycles. The second-order valence-electron chi connectivity index (χ2n) is 12.8. The molecule has 1 amide bonds. The molecular formula is C29H45NO3. The van der Waals surface area contributed by atoms with Crippen LogP contribution in [0.5, 0.6) is 0 Å². The van der Waals surface area contributed by atoms with Crippen molar-refractivity contribution in [3.8, 4) is 0 Å². The largest absolute Gasteiger partial charge is 0.494 e. The number of fused-ring (bicyclic) bond motifs is 7. The van der Waals surface area contributed by atoms with E-state index in [1.54, 1.807) is 12.5 Å². The lowest BCUT2D eigenvalue weighted by atomic mass is 9.47. The van der Waals surface area contributed by atoms with E-state index in [4.69, 9.17) is 4.74 Å². The quantitative estimate of drug-likeness (QED) is 0.518. The van der Waals surface area contributed by atoms with Crippen molar-refractivity contribution < 1.29 is 14.6 Å². The Kier molecular flexibility index (Phi) is 5.99. The van der Waals surface area contributed by atoms with Gasteiger partial charge >= 0.3 is 0 Å². The number of aliphatic hydroxyl groups is 1. The van der Waals surface area contributed by atoms with Crippen molar-refractivity contribution in [3.63, 3.8) is 0 Å². The van der Waals surface area contributed by atoms with E-state index in [1.807, 2.05) is 0 Å². The Morgan fingerprint density at radius 3 is 2.82 bits per heavy atom.